The molecule has 15 heavy (non-hydrogen) atoms. The van der Waals surface area contributed by atoms with Crippen LogP contribution in [0.5, 0.6) is 0 Å². The molecule has 1 rings (SSSR count). The average Bonchev–Trinajstić information content (AvgIpc) is 2.25. The first kappa shape index (κ1) is 12.2. The largest absolute Gasteiger partial charge is 0.380 e. The zero-order valence-corrected chi connectivity index (χ0v) is 10.4. The second-order valence-corrected chi connectivity index (χ2v) is 4.18. The number of benzene rings is 1. The standard InChI is InChI=1S/C11H14BrNO2/c1-8(15-2)7-13-11(14)9-4-3-5-10(12)6-9/h3-6,8H,7H2,1-2H3,(H,13,14). The van der Waals surface area contributed by atoms with Crippen molar-refractivity contribution in [1.82, 2.24) is 5.32 Å². The summed E-state index contributed by atoms with van der Waals surface area (Å²) in [4.78, 5) is 11.6. The minimum absolute atomic E-state index is 0.0288. The first-order valence-electron chi connectivity index (χ1n) is 4.70. The van der Waals surface area contributed by atoms with Gasteiger partial charge in [-0.1, -0.05) is 22.0 Å². The first-order chi connectivity index (χ1) is 7.13. The van der Waals surface area contributed by atoms with Crippen molar-refractivity contribution in [2.75, 3.05) is 13.7 Å². The molecule has 0 aliphatic carbocycles. The normalized spacial score (nSPS) is 12.2. The topological polar surface area (TPSA) is 38.3 Å². The third-order valence-electron chi connectivity index (χ3n) is 2.04. The van der Waals surface area contributed by atoms with Gasteiger partial charge in [-0.25, -0.2) is 0 Å². The minimum Gasteiger partial charge on any atom is -0.380 e. The van der Waals surface area contributed by atoms with E-state index in [0.717, 1.165) is 4.47 Å². The van der Waals surface area contributed by atoms with Crippen molar-refractivity contribution in [3.63, 3.8) is 0 Å². The highest BCUT2D eigenvalue weighted by Crippen LogP contribution is 2.11. The van der Waals surface area contributed by atoms with Gasteiger partial charge in [-0.05, 0) is 25.1 Å². The molecule has 4 heteroatoms. The summed E-state index contributed by atoms with van der Waals surface area (Å²) in [7, 11) is 1.62. The Kier molecular flexibility index (Phi) is 4.78. The number of halogens is 1. The zero-order chi connectivity index (χ0) is 11.3. The van der Waals surface area contributed by atoms with Crippen LogP contribution in [-0.2, 0) is 4.74 Å². The van der Waals surface area contributed by atoms with Crippen LogP contribution in [0, 0.1) is 0 Å². The van der Waals surface area contributed by atoms with Crippen molar-refractivity contribution in [3.05, 3.63) is 34.3 Å². The molecule has 0 saturated carbocycles. The lowest BCUT2D eigenvalue weighted by molar-refractivity contribution is 0.0870. The van der Waals surface area contributed by atoms with Gasteiger partial charge in [0.25, 0.3) is 5.91 Å². The number of carbonyl (C=O) groups is 1. The molecule has 82 valence electrons. The SMILES string of the molecule is COC(C)CNC(=O)c1cccc(Br)c1. The molecule has 0 aliphatic rings. The van der Waals surface area contributed by atoms with Crippen molar-refractivity contribution < 1.29 is 9.53 Å². The Morgan fingerprint density at radius 3 is 2.93 bits per heavy atom. The van der Waals surface area contributed by atoms with E-state index < -0.39 is 0 Å². The van der Waals surface area contributed by atoms with E-state index in [1.165, 1.54) is 0 Å². The van der Waals surface area contributed by atoms with Crippen LogP contribution >= 0.6 is 15.9 Å². The van der Waals surface area contributed by atoms with Gasteiger partial charge in [-0.15, -0.1) is 0 Å². The van der Waals surface area contributed by atoms with Crippen LogP contribution in [0.4, 0.5) is 0 Å². The van der Waals surface area contributed by atoms with Gasteiger partial charge in [0.15, 0.2) is 0 Å². The highest BCUT2D eigenvalue weighted by Gasteiger charge is 2.06. The Hall–Kier alpha value is -0.870. The van der Waals surface area contributed by atoms with Gasteiger partial charge in [0.1, 0.15) is 0 Å². The van der Waals surface area contributed by atoms with Crippen LogP contribution in [0.15, 0.2) is 28.7 Å². The van der Waals surface area contributed by atoms with Crippen molar-refractivity contribution in [2.45, 2.75) is 13.0 Å². The summed E-state index contributed by atoms with van der Waals surface area (Å²) in [6.07, 6.45) is 0.0288. The number of carbonyl (C=O) groups excluding carboxylic acids is 1. The molecule has 0 bridgehead atoms. The molecular weight excluding hydrogens is 258 g/mol. The van der Waals surface area contributed by atoms with Crippen LogP contribution in [0.3, 0.4) is 0 Å². The van der Waals surface area contributed by atoms with Crippen LogP contribution < -0.4 is 5.32 Å². The summed E-state index contributed by atoms with van der Waals surface area (Å²) < 4.78 is 5.93. The highest BCUT2D eigenvalue weighted by atomic mass is 79.9. The number of ether oxygens (including phenoxy) is 1. The molecule has 0 aromatic heterocycles. The summed E-state index contributed by atoms with van der Waals surface area (Å²) in [5.41, 5.74) is 0.646. The van der Waals surface area contributed by atoms with Crippen molar-refractivity contribution in [3.8, 4) is 0 Å². The van der Waals surface area contributed by atoms with Gasteiger partial charge in [-0.3, -0.25) is 4.79 Å². The summed E-state index contributed by atoms with van der Waals surface area (Å²) >= 11 is 3.32. The molecule has 1 atom stereocenters. The molecule has 0 heterocycles. The highest BCUT2D eigenvalue weighted by molar-refractivity contribution is 9.10. The molecule has 1 unspecified atom stereocenters. The molecule has 1 N–H and O–H groups in total. The first-order valence-corrected chi connectivity index (χ1v) is 5.49. The van der Waals surface area contributed by atoms with Crippen LogP contribution in [-0.4, -0.2) is 25.7 Å². The van der Waals surface area contributed by atoms with E-state index in [2.05, 4.69) is 21.2 Å². The summed E-state index contributed by atoms with van der Waals surface area (Å²) in [5, 5.41) is 2.79. The average molecular weight is 272 g/mol. The number of rotatable bonds is 4. The molecule has 1 aromatic carbocycles. The fourth-order valence-electron chi connectivity index (χ4n) is 1.05. The predicted octanol–water partition coefficient (Wildman–Crippen LogP) is 2.21. The quantitative estimate of drug-likeness (QED) is 0.912. The number of amides is 1. The summed E-state index contributed by atoms with van der Waals surface area (Å²) in [6, 6.07) is 7.28. The van der Waals surface area contributed by atoms with Crippen molar-refractivity contribution in [1.29, 1.82) is 0 Å². The van der Waals surface area contributed by atoms with Crippen molar-refractivity contribution >= 4 is 21.8 Å². The van der Waals surface area contributed by atoms with E-state index in [9.17, 15) is 4.79 Å². The molecule has 0 spiro atoms. The molecule has 0 fully saturated rings. The fraction of sp³-hybridized carbons (Fsp3) is 0.364. The lowest BCUT2D eigenvalue weighted by Gasteiger charge is -2.10. The van der Waals surface area contributed by atoms with Gasteiger partial charge in [0.05, 0.1) is 6.10 Å². The second-order valence-electron chi connectivity index (χ2n) is 3.27. The lowest BCUT2D eigenvalue weighted by atomic mass is 10.2. The fourth-order valence-corrected chi connectivity index (χ4v) is 1.45. The molecule has 1 amide bonds. The van der Waals surface area contributed by atoms with E-state index in [1.807, 2.05) is 19.1 Å². The van der Waals surface area contributed by atoms with E-state index >= 15 is 0 Å². The van der Waals surface area contributed by atoms with E-state index in [-0.39, 0.29) is 12.0 Å². The number of methoxy groups -OCH3 is 1. The van der Waals surface area contributed by atoms with E-state index in [0.29, 0.717) is 12.1 Å². The summed E-state index contributed by atoms with van der Waals surface area (Å²) in [5.74, 6) is -0.0831. The third-order valence-corrected chi connectivity index (χ3v) is 2.53. The van der Waals surface area contributed by atoms with Crippen LogP contribution in [0.2, 0.25) is 0 Å². The monoisotopic (exact) mass is 271 g/mol. The maximum atomic E-state index is 11.6. The van der Waals surface area contributed by atoms with Gasteiger partial charge < -0.3 is 10.1 Å². The number of nitrogens with one attached hydrogen (secondary N) is 1. The molecule has 0 radical (unpaired) electrons. The maximum absolute atomic E-state index is 11.6. The molecule has 1 aromatic rings. The molecule has 3 nitrogen and oxygen atoms in total. The van der Waals surface area contributed by atoms with Gasteiger partial charge >= 0.3 is 0 Å². The Morgan fingerprint density at radius 1 is 1.60 bits per heavy atom. The van der Waals surface area contributed by atoms with Crippen molar-refractivity contribution in [2.24, 2.45) is 0 Å². The van der Waals surface area contributed by atoms with Gasteiger partial charge in [0, 0.05) is 23.7 Å². The summed E-state index contributed by atoms with van der Waals surface area (Å²) in [6.45, 7) is 2.42. The Bertz CT molecular complexity index is 341. The maximum Gasteiger partial charge on any atom is 0.251 e. The lowest BCUT2D eigenvalue weighted by Crippen LogP contribution is -2.31. The molecule has 0 aliphatic heterocycles. The van der Waals surface area contributed by atoms with Crippen LogP contribution in [0.1, 0.15) is 17.3 Å². The van der Waals surface area contributed by atoms with Gasteiger partial charge in [-0.2, -0.15) is 0 Å². The number of hydrogen-bond acceptors (Lipinski definition) is 2. The zero-order valence-electron chi connectivity index (χ0n) is 8.79. The Morgan fingerprint density at radius 2 is 2.33 bits per heavy atom. The van der Waals surface area contributed by atoms with Gasteiger partial charge in [0.2, 0.25) is 0 Å². The predicted molar refractivity (Wildman–Crippen MR) is 62.9 cm³/mol. The molecule has 0 saturated heterocycles. The Balaban J connectivity index is 2.54. The third kappa shape index (κ3) is 4.01. The Labute approximate surface area is 97.9 Å². The minimum atomic E-state index is -0.0831. The molecular formula is C11H14BrNO2. The van der Waals surface area contributed by atoms with E-state index in [1.54, 1.807) is 19.2 Å². The number of hydrogen-bond donors (Lipinski definition) is 1. The van der Waals surface area contributed by atoms with Crippen LogP contribution in [0.25, 0.3) is 0 Å². The van der Waals surface area contributed by atoms with E-state index in [4.69, 9.17) is 4.74 Å². The smallest absolute Gasteiger partial charge is 0.251 e. The second kappa shape index (κ2) is 5.88.